The van der Waals surface area contributed by atoms with Crippen LogP contribution in [0.4, 0.5) is 0 Å². The van der Waals surface area contributed by atoms with E-state index in [1.165, 1.54) is 44.2 Å². The Morgan fingerprint density at radius 1 is 1.33 bits per heavy atom. The van der Waals surface area contributed by atoms with E-state index in [0.29, 0.717) is 12.0 Å². The van der Waals surface area contributed by atoms with E-state index < -0.39 is 0 Å². The largest absolute Gasteiger partial charge is 0.271 e. The zero-order valence-corrected chi connectivity index (χ0v) is 13.9. The van der Waals surface area contributed by atoms with E-state index in [4.69, 9.17) is 5.84 Å². The summed E-state index contributed by atoms with van der Waals surface area (Å²) in [5, 5.41) is 4.55. The number of hydrogen-bond acceptors (Lipinski definition) is 3. The van der Waals surface area contributed by atoms with Crippen LogP contribution in [0.1, 0.15) is 63.8 Å². The van der Waals surface area contributed by atoms with Gasteiger partial charge in [0, 0.05) is 24.7 Å². The summed E-state index contributed by atoms with van der Waals surface area (Å²) in [5.41, 5.74) is 5.51. The predicted octanol–water partition coefficient (Wildman–Crippen LogP) is 3.19. The molecule has 3 N–H and O–H groups in total. The first-order chi connectivity index (χ1) is 10.2. The van der Waals surface area contributed by atoms with Crippen molar-refractivity contribution < 1.29 is 0 Å². The molecule has 0 saturated heterocycles. The lowest BCUT2D eigenvalue weighted by atomic mass is 9.76. The van der Waals surface area contributed by atoms with Crippen molar-refractivity contribution in [2.45, 2.75) is 78.3 Å². The van der Waals surface area contributed by atoms with Gasteiger partial charge in [0.15, 0.2) is 0 Å². The molecule has 1 atom stereocenters. The molecule has 4 nitrogen and oxygen atoms in total. The molecule has 2 rings (SSSR count). The summed E-state index contributed by atoms with van der Waals surface area (Å²) in [5.74, 6) is 7.53. The van der Waals surface area contributed by atoms with E-state index in [2.05, 4.69) is 42.0 Å². The molecule has 1 aliphatic rings. The fourth-order valence-electron chi connectivity index (χ4n) is 3.91. The lowest BCUT2D eigenvalue weighted by Crippen LogP contribution is -2.44. The van der Waals surface area contributed by atoms with Crippen molar-refractivity contribution in [3.05, 3.63) is 17.5 Å². The highest BCUT2D eigenvalue weighted by Gasteiger charge is 2.27. The number of nitrogens with one attached hydrogen (secondary N) is 1. The van der Waals surface area contributed by atoms with Gasteiger partial charge in [0.1, 0.15) is 0 Å². The molecular formula is C17H32N4. The predicted molar refractivity (Wildman–Crippen MR) is 87.8 cm³/mol. The van der Waals surface area contributed by atoms with E-state index in [1.54, 1.807) is 0 Å². The summed E-state index contributed by atoms with van der Waals surface area (Å²) in [6.45, 7) is 7.45. The molecule has 0 spiro atoms. The molecule has 1 fully saturated rings. The summed E-state index contributed by atoms with van der Waals surface area (Å²) >= 11 is 0. The van der Waals surface area contributed by atoms with Gasteiger partial charge in [-0.3, -0.25) is 16.0 Å². The molecular weight excluding hydrogens is 260 g/mol. The summed E-state index contributed by atoms with van der Waals surface area (Å²) in [7, 11) is 0. The summed E-state index contributed by atoms with van der Waals surface area (Å²) in [6.07, 6.45) is 9.11. The lowest BCUT2D eigenvalue weighted by molar-refractivity contribution is 0.211. The van der Waals surface area contributed by atoms with Crippen LogP contribution >= 0.6 is 0 Å². The Morgan fingerprint density at radius 2 is 2.05 bits per heavy atom. The van der Waals surface area contributed by atoms with Gasteiger partial charge in [-0.2, -0.15) is 5.10 Å². The Morgan fingerprint density at radius 3 is 2.62 bits per heavy atom. The van der Waals surface area contributed by atoms with Crippen LogP contribution in [0, 0.1) is 18.8 Å². The third-order valence-corrected chi connectivity index (χ3v) is 5.09. The Bertz CT molecular complexity index is 418. The van der Waals surface area contributed by atoms with Gasteiger partial charge in [0.2, 0.25) is 0 Å². The standard InChI is InChI=1S/C17H32N4/c1-4-6-14-7-9-15(10-8-14)17(19-18)12-16-11-13(3)20-21(16)5-2/h11,14-15,17,19H,4-10,12,18H2,1-3H3. The van der Waals surface area contributed by atoms with Crippen molar-refractivity contribution in [1.29, 1.82) is 0 Å². The highest BCUT2D eigenvalue weighted by molar-refractivity contribution is 5.11. The monoisotopic (exact) mass is 292 g/mol. The van der Waals surface area contributed by atoms with Crippen LogP contribution in [0.2, 0.25) is 0 Å². The second kappa shape index (κ2) is 7.95. The van der Waals surface area contributed by atoms with Crippen molar-refractivity contribution in [3.63, 3.8) is 0 Å². The maximum absolute atomic E-state index is 5.86. The number of hydrazine groups is 1. The summed E-state index contributed by atoms with van der Waals surface area (Å²) < 4.78 is 2.11. The Balaban J connectivity index is 1.94. The molecule has 1 heterocycles. The molecule has 0 aromatic carbocycles. The highest BCUT2D eigenvalue weighted by Crippen LogP contribution is 2.34. The van der Waals surface area contributed by atoms with E-state index in [9.17, 15) is 0 Å². The molecule has 120 valence electrons. The normalized spacial score (nSPS) is 24.2. The average Bonchev–Trinajstić information content (AvgIpc) is 2.86. The third kappa shape index (κ3) is 4.30. The van der Waals surface area contributed by atoms with E-state index in [-0.39, 0.29) is 0 Å². The lowest BCUT2D eigenvalue weighted by Gasteiger charge is -2.33. The molecule has 0 amide bonds. The Hall–Kier alpha value is -0.870. The van der Waals surface area contributed by atoms with Crippen LogP contribution in [-0.4, -0.2) is 15.8 Å². The summed E-state index contributed by atoms with van der Waals surface area (Å²) in [6, 6.07) is 2.59. The smallest absolute Gasteiger partial charge is 0.0596 e. The van der Waals surface area contributed by atoms with Crippen LogP contribution in [0.15, 0.2) is 6.07 Å². The van der Waals surface area contributed by atoms with Gasteiger partial charge in [0.05, 0.1) is 5.69 Å². The Labute approximate surface area is 129 Å². The number of hydrogen-bond donors (Lipinski definition) is 2. The van der Waals surface area contributed by atoms with Crippen molar-refractivity contribution in [1.82, 2.24) is 15.2 Å². The molecule has 21 heavy (non-hydrogen) atoms. The molecule has 0 aliphatic heterocycles. The van der Waals surface area contributed by atoms with Gasteiger partial charge in [-0.1, -0.05) is 32.6 Å². The minimum absolute atomic E-state index is 0.383. The number of nitrogens with zero attached hydrogens (tertiary/aromatic N) is 2. The van der Waals surface area contributed by atoms with Crippen molar-refractivity contribution in [3.8, 4) is 0 Å². The molecule has 4 heteroatoms. The first-order valence-electron chi connectivity index (χ1n) is 8.67. The van der Waals surface area contributed by atoms with Crippen molar-refractivity contribution in [2.75, 3.05) is 0 Å². The minimum atomic E-state index is 0.383. The molecule has 1 saturated carbocycles. The van der Waals surface area contributed by atoms with Gasteiger partial charge in [0.25, 0.3) is 0 Å². The fourth-order valence-corrected chi connectivity index (χ4v) is 3.91. The van der Waals surface area contributed by atoms with Crippen LogP contribution in [0.5, 0.6) is 0 Å². The van der Waals surface area contributed by atoms with Crippen LogP contribution in [0.3, 0.4) is 0 Å². The second-order valence-electron chi connectivity index (χ2n) is 6.64. The quantitative estimate of drug-likeness (QED) is 0.599. The molecule has 1 unspecified atom stereocenters. The van der Waals surface area contributed by atoms with Crippen LogP contribution in [-0.2, 0) is 13.0 Å². The number of aryl methyl sites for hydroxylation is 2. The Kier molecular flexibility index (Phi) is 6.24. The maximum atomic E-state index is 5.86. The van der Waals surface area contributed by atoms with E-state index in [1.807, 2.05) is 0 Å². The van der Waals surface area contributed by atoms with Gasteiger partial charge < -0.3 is 0 Å². The molecule has 1 aromatic rings. The van der Waals surface area contributed by atoms with Crippen LogP contribution in [0.25, 0.3) is 0 Å². The van der Waals surface area contributed by atoms with Crippen LogP contribution < -0.4 is 11.3 Å². The maximum Gasteiger partial charge on any atom is 0.0596 e. The number of aromatic nitrogens is 2. The van der Waals surface area contributed by atoms with E-state index >= 15 is 0 Å². The minimum Gasteiger partial charge on any atom is -0.271 e. The van der Waals surface area contributed by atoms with Gasteiger partial charge >= 0.3 is 0 Å². The molecule has 0 bridgehead atoms. The topological polar surface area (TPSA) is 55.9 Å². The first kappa shape index (κ1) is 16.5. The van der Waals surface area contributed by atoms with Gasteiger partial charge in [-0.15, -0.1) is 0 Å². The molecule has 0 radical (unpaired) electrons. The zero-order chi connectivity index (χ0) is 15.2. The highest BCUT2D eigenvalue weighted by atomic mass is 15.3. The number of nitrogens with two attached hydrogens (primary N) is 1. The van der Waals surface area contributed by atoms with Crippen molar-refractivity contribution >= 4 is 0 Å². The molecule has 1 aromatic heterocycles. The van der Waals surface area contributed by atoms with Crippen molar-refractivity contribution in [2.24, 2.45) is 17.7 Å². The van der Waals surface area contributed by atoms with E-state index in [0.717, 1.165) is 24.6 Å². The zero-order valence-electron chi connectivity index (χ0n) is 13.9. The number of rotatable bonds is 7. The first-order valence-corrected chi connectivity index (χ1v) is 8.67. The average molecular weight is 292 g/mol. The van der Waals surface area contributed by atoms with Gasteiger partial charge in [-0.25, -0.2) is 0 Å². The summed E-state index contributed by atoms with van der Waals surface area (Å²) in [4.78, 5) is 0. The third-order valence-electron chi connectivity index (χ3n) is 5.09. The second-order valence-corrected chi connectivity index (χ2v) is 6.64. The SMILES string of the molecule is CCCC1CCC(C(Cc2cc(C)nn2CC)NN)CC1. The van der Waals surface area contributed by atoms with Gasteiger partial charge in [-0.05, 0) is 44.6 Å². The molecule has 1 aliphatic carbocycles. The fraction of sp³-hybridized carbons (Fsp3) is 0.824.